The predicted octanol–water partition coefficient (Wildman–Crippen LogP) is 3.13. The standard InChI is InChI=1S/C8H12O2.C7H10O2/c1-4-7-5-6-9-8(2,3)10-7;1-3-5-6-7(8)9-4-2/h4-5H,1,6H2,2-3H3;3,5-6H,1,4H2,2H3/b;6-5+. The van der Waals surface area contributed by atoms with Crippen molar-refractivity contribution in [2.45, 2.75) is 26.6 Å². The summed E-state index contributed by atoms with van der Waals surface area (Å²) in [5.74, 6) is -0.00759. The van der Waals surface area contributed by atoms with Gasteiger partial charge in [0.2, 0.25) is 5.79 Å². The zero-order chi connectivity index (χ0) is 14.7. The molecule has 19 heavy (non-hydrogen) atoms. The van der Waals surface area contributed by atoms with Crippen LogP contribution in [0.5, 0.6) is 0 Å². The summed E-state index contributed by atoms with van der Waals surface area (Å²) in [5.41, 5.74) is 0. The molecule has 0 saturated carbocycles. The fourth-order valence-corrected chi connectivity index (χ4v) is 1.14. The molecule has 1 aliphatic heterocycles. The molecular formula is C15H22O4. The van der Waals surface area contributed by atoms with E-state index in [1.807, 2.05) is 19.9 Å². The maximum Gasteiger partial charge on any atom is 0.330 e. The maximum atomic E-state index is 10.4. The Bertz CT molecular complexity index is 364. The van der Waals surface area contributed by atoms with Crippen LogP contribution in [0.25, 0.3) is 0 Å². The van der Waals surface area contributed by atoms with E-state index in [9.17, 15) is 4.79 Å². The van der Waals surface area contributed by atoms with Crippen LogP contribution in [0.4, 0.5) is 0 Å². The highest BCUT2D eigenvalue weighted by Gasteiger charge is 2.23. The molecule has 0 aliphatic carbocycles. The Morgan fingerprint density at radius 3 is 2.63 bits per heavy atom. The third-order valence-electron chi connectivity index (χ3n) is 1.94. The van der Waals surface area contributed by atoms with Gasteiger partial charge in [0.05, 0.1) is 13.2 Å². The molecule has 0 aromatic rings. The van der Waals surface area contributed by atoms with Gasteiger partial charge in [-0.1, -0.05) is 25.3 Å². The number of hydrogen-bond acceptors (Lipinski definition) is 4. The molecule has 1 heterocycles. The summed E-state index contributed by atoms with van der Waals surface area (Å²) in [4.78, 5) is 10.4. The van der Waals surface area contributed by atoms with Crippen LogP contribution in [0.3, 0.4) is 0 Å². The zero-order valence-electron chi connectivity index (χ0n) is 11.8. The number of ether oxygens (including phenoxy) is 3. The summed E-state index contributed by atoms with van der Waals surface area (Å²) in [5, 5.41) is 0. The second kappa shape index (κ2) is 9.16. The highest BCUT2D eigenvalue weighted by atomic mass is 16.7. The number of rotatable bonds is 4. The minimum atomic E-state index is -0.488. The van der Waals surface area contributed by atoms with Crippen LogP contribution in [0.15, 0.2) is 49.3 Å². The number of hydrogen-bond donors (Lipinski definition) is 0. The lowest BCUT2D eigenvalue weighted by atomic mass is 10.3. The van der Waals surface area contributed by atoms with E-state index in [4.69, 9.17) is 9.47 Å². The number of allylic oxidation sites excluding steroid dienone is 3. The van der Waals surface area contributed by atoms with Crippen molar-refractivity contribution in [1.29, 1.82) is 0 Å². The minimum absolute atomic E-state index is 0.322. The van der Waals surface area contributed by atoms with E-state index < -0.39 is 5.79 Å². The van der Waals surface area contributed by atoms with Gasteiger partial charge in [-0.3, -0.25) is 0 Å². The van der Waals surface area contributed by atoms with E-state index in [2.05, 4.69) is 17.9 Å². The highest BCUT2D eigenvalue weighted by Crippen LogP contribution is 2.20. The first-order chi connectivity index (χ1) is 8.95. The molecule has 0 fully saturated rings. The second-order valence-corrected chi connectivity index (χ2v) is 3.97. The smallest absolute Gasteiger partial charge is 0.330 e. The fourth-order valence-electron chi connectivity index (χ4n) is 1.14. The van der Waals surface area contributed by atoms with Crippen LogP contribution in [-0.2, 0) is 19.0 Å². The Hall–Kier alpha value is -1.81. The van der Waals surface area contributed by atoms with E-state index in [1.54, 1.807) is 13.0 Å². The van der Waals surface area contributed by atoms with Gasteiger partial charge in [0, 0.05) is 19.9 Å². The van der Waals surface area contributed by atoms with E-state index in [0.717, 1.165) is 5.76 Å². The normalized spacial score (nSPS) is 16.5. The van der Waals surface area contributed by atoms with Crippen molar-refractivity contribution in [3.63, 3.8) is 0 Å². The van der Waals surface area contributed by atoms with Crippen molar-refractivity contribution in [1.82, 2.24) is 0 Å². The third-order valence-corrected chi connectivity index (χ3v) is 1.94. The molecule has 106 valence electrons. The fraction of sp³-hybridized carbons (Fsp3) is 0.400. The van der Waals surface area contributed by atoms with Gasteiger partial charge in [0.1, 0.15) is 5.76 Å². The first-order valence-electron chi connectivity index (χ1n) is 6.06. The summed E-state index contributed by atoms with van der Waals surface area (Å²) in [6.07, 6.45) is 7.94. The molecule has 0 saturated heterocycles. The van der Waals surface area contributed by atoms with Crippen molar-refractivity contribution >= 4 is 5.97 Å². The molecule has 0 spiro atoms. The van der Waals surface area contributed by atoms with Crippen molar-refractivity contribution in [3.05, 3.63) is 49.3 Å². The first kappa shape index (κ1) is 17.2. The van der Waals surface area contributed by atoms with Crippen LogP contribution >= 0.6 is 0 Å². The summed E-state index contributed by atoms with van der Waals surface area (Å²) < 4.78 is 15.2. The molecule has 0 unspecified atom stereocenters. The molecule has 4 heteroatoms. The molecule has 0 aromatic carbocycles. The molecule has 0 atom stereocenters. The Morgan fingerprint density at radius 2 is 2.21 bits per heavy atom. The Balaban J connectivity index is 0.000000344. The van der Waals surface area contributed by atoms with E-state index in [0.29, 0.717) is 13.2 Å². The molecule has 0 radical (unpaired) electrons. The van der Waals surface area contributed by atoms with Gasteiger partial charge in [0.15, 0.2) is 0 Å². The SMILES string of the molecule is C=C/C=C/C(=O)OCC.C=CC1=CCOC(C)(C)O1. The largest absolute Gasteiger partial charge is 0.463 e. The molecular weight excluding hydrogens is 244 g/mol. The van der Waals surface area contributed by atoms with Crippen LogP contribution < -0.4 is 0 Å². The highest BCUT2D eigenvalue weighted by molar-refractivity contribution is 5.82. The van der Waals surface area contributed by atoms with Crippen molar-refractivity contribution in [2.24, 2.45) is 0 Å². The topological polar surface area (TPSA) is 44.8 Å². The van der Waals surface area contributed by atoms with Gasteiger partial charge in [-0.15, -0.1) is 0 Å². The van der Waals surface area contributed by atoms with E-state index in [1.165, 1.54) is 18.2 Å². The lowest BCUT2D eigenvalue weighted by Crippen LogP contribution is -2.31. The molecule has 0 aromatic heterocycles. The third kappa shape index (κ3) is 8.85. The van der Waals surface area contributed by atoms with Crippen molar-refractivity contribution < 1.29 is 19.0 Å². The maximum absolute atomic E-state index is 10.4. The lowest BCUT2D eigenvalue weighted by Gasteiger charge is -2.30. The summed E-state index contributed by atoms with van der Waals surface area (Å²) in [6.45, 7) is 13.5. The summed E-state index contributed by atoms with van der Waals surface area (Å²) in [7, 11) is 0. The minimum Gasteiger partial charge on any atom is -0.463 e. The van der Waals surface area contributed by atoms with Crippen LogP contribution in [0, 0.1) is 0 Å². The molecule has 0 bridgehead atoms. The number of carbonyl (C=O) groups excluding carboxylic acids is 1. The van der Waals surface area contributed by atoms with Crippen molar-refractivity contribution in [2.75, 3.05) is 13.2 Å². The quantitative estimate of drug-likeness (QED) is 0.445. The number of esters is 1. The Morgan fingerprint density at radius 1 is 1.53 bits per heavy atom. The predicted molar refractivity (Wildman–Crippen MR) is 75.4 cm³/mol. The average molecular weight is 266 g/mol. The van der Waals surface area contributed by atoms with Crippen LogP contribution in [-0.4, -0.2) is 25.0 Å². The monoisotopic (exact) mass is 266 g/mol. The Labute approximate surface area is 115 Å². The van der Waals surface area contributed by atoms with Gasteiger partial charge in [-0.2, -0.15) is 0 Å². The van der Waals surface area contributed by atoms with Gasteiger partial charge < -0.3 is 14.2 Å². The second-order valence-electron chi connectivity index (χ2n) is 3.97. The van der Waals surface area contributed by atoms with Crippen LogP contribution in [0.1, 0.15) is 20.8 Å². The van der Waals surface area contributed by atoms with Crippen LogP contribution in [0.2, 0.25) is 0 Å². The summed E-state index contributed by atoms with van der Waals surface area (Å²) >= 11 is 0. The first-order valence-corrected chi connectivity index (χ1v) is 6.06. The molecule has 1 rings (SSSR count). The molecule has 1 aliphatic rings. The van der Waals surface area contributed by atoms with E-state index in [-0.39, 0.29) is 5.97 Å². The van der Waals surface area contributed by atoms with Gasteiger partial charge in [0.25, 0.3) is 0 Å². The molecule has 0 amide bonds. The Kier molecular flexibility index (Phi) is 8.29. The van der Waals surface area contributed by atoms with Gasteiger partial charge >= 0.3 is 5.97 Å². The zero-order valence-corrected chi connectivity index (χ0v) is 11.8. The van der Waals surface area contributed by atoms with E-state index >= 15 is 0 Å². The van der Waals surface area contributed by atoms with Crippen molar-refractivity contribution in [3.8, 4) is 0 Å². The molecule has 0 N–H and O–H groups in total. The molecule has 4 nitrogen and oxygen atoms in total. The van der Waals surface area contributed by atoms with Gasteiger partial charge in [-0.25, -0.2) is 4.79 Å². The summed E-state index contributed by atoms with van der Waals surface area (Å²) in [6, 6.07) is 0. The lowest BCUT2D eigenvalue weighted by molar-refractivity contribution is -0.193. The number of carbonyl (C=O) groups is 1. The average Bonchev–Trinajstić information content (AvgIpc) is 2.36. The van der Waals surface area contributed by atoms with Gasteiger partial charge in [-0.05, 0) is 19.1 Å².